The largest absolute Gasteiger partial charge is 0.756 e. The van der Waals surface area contributed by atoms with Crippen molar-refractivity contribution in [3.8, 4) is 0 Å². The molecule has 388 valence electrons. The first kappa shape index (κ1) is 64.7. The highest BCUT2D eigenvalue weighted by Crippen LogP contribution is 2.38. The van der Waals surface area contributed by atoms with Gasteiger partial charge in [-0.15, -0.1) is 0 Å². The standard InChI is InChI=1S/C58H105N2O6P/c1-6-8-10-12-14-15-16-17-18-19-20-21-22-23-24-25-26-27-28-29-30-31-32-33-34-35-36-37-38-39-40-41-42-43-44-45-46-48-50-52-58(62)59-56(57(61)51-49-47-13-11-9-7-2)55-66-67(63,64)65-54-53-60(3,4)5/h8,10,14-15,17-18,20-21,23-24,26-27,49,51,56-57,61H,6-7,9,11-13,16,19,22,25,28-48,50,52-55H2,1-5H3,(H-,59,62,63,64)/b10-8-,15-14-,18-17-,21-20-,24-23-,27-26-,51-49+. The highest BCUT2D eigenvalue weighted by Gasteiger charge is 2.23. The fourth-order valence-corrected chi connectivity index (χ4v) is 8.29. The van der Waals surface area contributed by atoms with Gasteiger partial charge in [-0.05, 0) is 70.6 Å². The first-order valence-corrected chi connectivity index (χ1v) is 28.9. The van der Waals surface area contributed by atoms with E-state index in [-0.39, 0.29) is 19.1 Å². The lowest BCUT2D eigenvalue weighted by Crippen LogP contribution is -2.45. The Morgan fingerprint density at radius 2 is 0.910 bits per heavy atom. The van der Waals surface area contributed by atoms with Crippen molar-refractivity contribution in [1.29, 1.82) is 0 Å². The molecule has 3 unspecified atom stereocenters. The second-order valence-corrected chi connectivity index (χ2v) is 21.0. The second-order valence-electron chi connectivity index (χ2n) is 19.6. The minimum Gasteiger partial charge on any atom is -0.756 e. The molecule has 2 N–H and O–H groups in total. The van der Waals surface area contributed by atoms with Crippen molar-refractivity contribution in [3.05, 3.63) is 85.1 Å². The summed E-state index contributed by atoms with van der Waals surface area (Å²) in [5, 5.41) is 13.6. The zero-order valence-corrected chi connectivity index (χ0v) is 45.0. The number of nitrogens with one attached hydrogen (secondary N) is 1. The summed E-state index contributed by atoms with van der Waals surface area (Å²) < 4.78 is 23.1. The van der Waals surface area contributed by atoms with Crippen LogP contribution in [0.2, 0.25) is 0 Å². The molecular formula is C58H105N2O6P. The molecule has 67 heavy (non-hydrogen) atoms. The van der Waals surface area contributed by atoms with Crippen molar-refractivity contribution in [1.82, 2.24) is 5.32 Å². The minimum absolute atomic E-state index is 0.00286. The SMILES string of the molecule is CC/C=C\C/C=C\C/C=C\C/C=C\C/C=C\C/C=C\CCCCCCCCCCCCCCCCCCCCCCC(=O)NC(COP(=O)([O-])OCC[N+](C)(C)C)C(O)/C=C/CCCCCC. The number of carbonyl (C=O) groups excluding carboxylic acids is 1. The quantitative estimate of drug-likeness (QED) is 0.0272. The van der Waals surface area contributed by atoms with E-state index in [1.54, 1.807) is 6.08 Å². The maximum absolute atomic E-state index is 12.8. The first-order chi connectivity index (χ1) is 32.5. The van der Waals surface area contributed by atoms with Crippen LogP contribution in [0.1, 0.15) is 226 Å². The molecular weight excluding hydrogens is 852 g/mol. The molecule has 0 rings (SSSR count). The van der Waals surface area contributed by atoms with Crippen LogP contribution in [0.5, 0.6) is 0 Å². The number of likely N-dealkylation sites (N-methyl/N-ethyl adjacent to an activating group) is 1. The minimum atomic E-state index is -4.58. The van der Waals surface area contributed by atoms with Crippen LogP contribution in [0.4, 0.5) is 0 Å². The second kappa shape index (κ2) is 48.7. The number of phosphoric ester groups is 1. The van der Waals surface area contributed by atoms with Crippen molar-refractivity contribution >= 4 is 13.7 Å². The Balaban J connectivity index is 3.79. The van der Waals surface area contributed by atoms with Crippen LogP contribution in [-0.4, -0.2) is 68.5 Å². The van der Waals surface area contributed by atoms with Gasteiger partial charge in [-0.3, -0.25) is 9.36 Å². The topological polar surface area (TPSA) is 108 Å². The predicted molar refractivity (Wildman–Crippen MR) is 288 cm³/mol. The van der Waals surface area contributed by atoms with Crippen LogP contribution in [0.15, 0.2) is 85.1 Å². The number of carbonyl (C=O) groups is 1. The monoisotopic (exact) mass is 957 g/mol. The van der Waals surface area contributed by atoms with Gasteiger partial charge in [0.05, 0.1) is 39.9 Å². The van der Waals surface area contributed by atoms with Crippen LogP contribution in [0.25, 0.3) is 0 Å². The Bertz CT molecular complexity index is 1360. The van der Waals surface area contributed by atoms with Crippen molar-refractivity contribution in [2.75, 3.05) is 40.9 Å². The molecule has 0 aromatic carbocycles. The number of quaternary nitrogens is 1. The molecule has 0 aliphatic rings. The summed E-state index contributed by atoms with van der Waals surface area (Å²) in [4.78, 5) is 25.2. The summed E-state index contributed by atoms with van der Waals surface area (Å²) in [6.45, 7) is 4.44. The third kappa shape index (κ3) is 51.4. The summed E-state index contributed by atoms with van der Waals surface area (Å²) in [5.41, 5.74) is 0. The molecule has 0 saturated carbocycles. The number of allylic oxidation sites excluding steroid dienone is 13. The number of nitrogens with zero attached hydrogens (tertiary/aromatic N) is 1. The fraction of sp³-hybridized carbons (Fsp3) is 0.741. The summed E-state index contributed by atoms with van der Waals surface area (Å²) in [5.74, 6) is -0.203. The Morgan fingerprint density at radius 3 is 1.33 bits per heavy atom. The smallest absolute Gasteiger partial charge is 0.268 e. The molecule has 0 aliphatic heterocycles. The lowest BCUT2D eigenvalue weighted by Gasteiger charge is -2.29. The van der Waals surface area contributed by atoms with Gasteiger partial charge in [0.1, 0.15) is 13.2 Å². The normalized spacial score (nSPS) is 14.7. The molecule has 0 fully saturated rings. The Morgan fingerprint density at radius 1 is 0.537 bits per heavy atom. The maximum Gasteiger partial charge on any atom is 0.268 e. The highest BCUT2D eigenvalue weighted by molar-refractivity contribution is 7.45. The summed E-state index contributed by atoms with van der Waals surface area (Å²) in [6, 6.07) is -0.884. The van der Waals surface area contributed by atoms with E-state index in [4.69, 9.17) is 9.05 Å². The third-order valence-corrected chi connectivity index (χ3v) is 12.8. The molecule has 0 aromatic heterocycles. The van der Waals surface area contributed by atoms with Crippen molar-refractivity contribution in [3.63, 3.8) is 0 Å². The lowest BCUT2D eigenvalue weighted by atomic mass is 10.0. The molecule has 0 aromatic rings. The van der Waals surface area contributed by atoms with E-state index in [1.165, 1.54) is 122 Å². The highest BCUT2D eigenvalue weighted by atomic mass is 31.2. The first-order valence-electron chi connectivity index (χ1n) is 27.4. The molecule has 8 nitrogen and oxygen atoms in total. The van der Waals surface area contributed by atoms with Crippen LogP contribution in [0.3, 0.4) is 0 Å². The maximum atomic E-state index is 12.8. The van der Waals surface area contributed by atoms with E-state index in [9.17, 15) is 19.4 Å². The van der Waals surface area contributed by atoms with Gasteiger partial charge in [0.25, 0.3) is 7.82 Å². The number of aliphatic hydroxyl groups is 1. The van der Waals surface area contributed by atoms with Crippen molar-refractivity contribution in [2.24, 2.45) is 0 Å². The zero-order chi connectivity index (χ0) is 49.2. The summed E-state index contributed by atoms with van der Waals surface area (Å²) in [6.07, 6.45) is 68.6. The number of hydrogen-bond acceptors (Lipinski definition) is 6. The average molecular weight is 957 g/mol. The van der Waals surface area contributed by atoms with Crippen LogP contribution in [-0.2, 0) is 18.4 Å². The molecule has 0 spiro atoms. The summed E-state index contributed by atoms with van der Waals surface area (Å²) in [7, 11) is 1.25. The van der Waals surface area contributed by atoms with Gasteiger partial charge in [0.15, 0.2) is 0 Å². The fourth-order valence-electron chi connectivity index (χ4n) is 7.57. The van der Waals surface area contributed by atoms with E-state index < -0.39 is 20.0 Å². The molecule has 0 aliphatic carbocycles. The average Bonchev–Trinajstić information content (AvgIpc) is 3.29. The molecule has 0 heterocycles. The van der Waals surface area contributed by atoms with E-state index in [2.05, 4.69) is 92.1 Å². The van der Waals surface area contributed by atoms with E-state index in [0.717, 1.165) is 83.5 Å². The number of hydrogen-bond donors (Lipinski definition) is 2. The number of aliphatic hydroxyl groups excluding tert-OH is 1. The number of rotatable bonds is 49. The lowest BCUT2D eigenvalue weighted by molar-refractivity contribution is -0.870. The third-order valence-electron chi connectivity index (χ3n) is 11.9. The predicted octanol–water partition coefficient (Wildman–Crippen LogP) is 15.8. The van der Waals surface area contributed by atoms with E-state index >= 15 is 0 Å². The Hall–Kier alpha value is -2.32. The van der Waals surface area contributed by atoms with E-state index in [0.29, 0.717) is 17.4 Å². The van der Waals surface area contributed by atoms with Gasteiger partial charge in [-0.25, -0.2) is 0 Å². The van der Waals surface area contributed by atoms with Crippen LogP contribution in [0, 0.1) is 0 Å². The van der Waals surface area contributed by atoms with Gasteiger partial charge in [0.2, 0.25) is 5.91 Å². The van der Waals surface area contributed by atoms with Gasteiger partial charge in [0, 0.05) is 6.42 Å². The van der Waals surface area contributed by atoms with Crippen LogP contribution < -0.4 is 10.2 Å². The van der Waals surface area contributed by atoms with Gasteiger partial charge in [-0.1, -0.05) is 234 Å². The Labute approximate surface area is 414 Å². The van der Waals surface area contributed by atoms with Crippen molar-refractivity contribution < 1.29 is 32.9 Å². The van der Waals surface area contributed by atoms with E-state index in [1.807, 2.05) is 27.2 Å². The zero-order valence-electron chi connectivity index (χ0n) is 44.1. The van der Waals surface area contributed by atoms with Gasteiger partial charge in [-0.2, -0.15) is 0 Å². The molecule has 3 atom stereocenters. The molecule has 9 heteroatoms. The number of phosphoric acid groups is 1. The molecule has 0 saturated heterocycles. The molecule has 1 amide bonds. The van der Waals surface area contributed by atoms with Gasteiger partial charge < -0.3 is 28.8 Å². The Kier molecular flexibility index (Phi) is 47.0. The molecule has 0 bridgehead atoms. The number of amides is 1. The summed E-state index contributed by atoms with van der Waals surface area (Å²) >= 11 is 0. The van der Waals surface area contributed by atoms with Crippen molar-refractivity contribution in [2.45, 2.75) is 238 Å². The molecule has 0 radical (unpaired) electrons. The van der Waals surface area contributed by atoms with Crippen LogP contribution >= 0.6 is 7.82 Å². The van der Waals surface area contributed by atoms with Gasteiger partial charge >= 0.3 is 0 Å². The number of unbranched alkanes of at least 4 members (excludes halogenated alkanes) is 24.